The summed E-state index contributed by atoms with van der Waals surface area (Å²) in [6.07, 6.45) is 2.03. The molecule has 0 aliphatic heterocycles. The van der Waals surface area contributed by atoms with Gasteiger partial charge in [0.2, 0.25) is 21.8 Å². The van der Waals surface area contributed by atoms with Crippen LogP contribution < -0.4 is 9.62 Å². The van der Waals surface area contributed by atoms with Crippen molar-refractivity contribution < 1.29 is 18.0 Å². The van der Waals surface area contributed by atoms with Crippen molar-refractivity contribution in [2.45, 2.75) is 52.1 Å². The van der Waals surface area contributed by atoms with Crippen molar-refractivity contribution in [2.75, 3.05) is 23.7 Å². The minimum atomic E-state index is -3.84. The molecule has 0 fully saturated rings. The standard InChI is InChI=1S/C31H37Cl2N3O4S/c1-5-17-34-31(38)29(19-23-9-7-6-8-10-23)35(20-24-11-16-27(32)28(33)18-24)30(37)21-36(41(4,39)40)26-14-12-25(13-15-26)22(2)3/h6-16,18,22,29H,5,17,19-21H2,1-4H3,(H,34,38). The van der Waals surface area contributed by atoms with Gasteiger partial charge in [-0.3, -0.25) is 13.9 Å². The number of halogens is 2. The van der Waals surface area contributed by atoms with Crippen LogP contribution in [0.2, 0.25) is 10.0 Å². The third kappa shape index (κ3) is 9.21. The molecule has 1 unspecified atom stereocenters. The van der Waals surface area contributed by atoms with Gasteiger partial charge >= 0.3 is 0 Å². The number of benzene rings is 3. The molecule has 0 aliphatic rings. The van der Waals surface area contributed by atoms with Crippen LogP contribution in [0.1, 0.15) is 49.8 Å². The smallest absolute Gasteiger partial charge is 0.244 e. The molecule has 0 saturated heterocycles. The number of carbonyl (C=O) groups excluding carboxylic acids is 2. The Morgan fingerprint density at radius 1 is 0.902 bits per heavy atom. The number of carbonyl (C=O) groups is 2. The summed E-state index contributed by atoms with van der Waals surface area (Å²) < 4.78 is 26.9. The molecular formula is C31H37Cl2N3O4S. The first-order chi connectivity index (χ1) is 19.4. The number of hydrogen-bond donors (Lipinski definition) is 1. The number of nitrogens with one attached hydrogen (secondary N) is 1. The second-order valence-corrected chi connectivity index (χ2v) is 13.0. The molecule has 2 amide bonds. The van der Waals surface area contributed by atoms with Gasteiger partial charge in [-0.1, -0.05) is 92.5 Å². The van der Waals surface area contributed by atoms with Crippen molar-refractivity contribution in [3.05, 3.63) is 99.5 Å². The van der Waals surface area contributed by atoms with Crippen LogP contribution in [0.3, 0.4) is 0 Å². The molecule has 0 bridgehead atoms. The Labute approximate surface area is 253 Å². The highest BCUT2D eigenvalue weighted by Gasteiger charge is 2.33. The van der Waals surface area contributed by atoms with E-state index in [9.17, 15) is 18.0 Å². The van der Waals surface area contributed by atoms with Crippen molar-refractivity contribution in [3.8, 4) is 0 Å². The third-order valence-electron chi connectivity index (χ3n) is 6.68. The van der Waals surface area contributed by atoms with Crippen LogP contribution in [0.15, 0.2) is 72.8 Å². The van der Waals surface area contributed by atoms with Gasteiger partial charge in [-0.15, -0.1) is 0 Å². The zero-order valence-corrected chi connectivity index (χ0v) is 26.1. The van der Waals surface area contributed by atoms with Gasteiger partial charge in [-0.05, 0) is 53.3 Å². The molecule has 1 atom stereocenters. The fraction of sp³-hybridized carbons (Fsp3) is 0.355. The summed E-state index contributed by atoms with van der Waals surface area (Å²) >= 11 is 12.4. The molecule has 0 heterocycles. The fourth-order valence-corrected chi connectivity index (χ4v) is 5.56. The molecule has 220 valence electrons. The van der Waals surface area contributed by atoms with E-state index in [0.29, 0.717) is 27.8 Å². The van der Waals surface area contributed by atoms with Crippen LogP contribution in [0.5, 0.6) is 0 Å². The summed E-state index contributed by atoms with van der Waals surface area (Å²) in [6.45, 7) is 6.02. The van der Waals surface area contributed by atoms with E-state index in [2.05, 4.69) is 5.32 Å². The highest BCUT2D eigenvalue weighted by molar-refractivity contribution is 7.92. The highest BCUT2D eigenvalue weighted by Crippen LogP contribution is 2.26. The number of sulfonamides is 1. The van der Waals surface area contributed by atoms with E-state index >= 15 is 0 Å². The molecular weight excluding hydrogens is 581 g/mol. The normalized spacial score (nSPS) is 12.2. The van der Waals surface area contributed by atoms with Gasteiger partial charge < -0.3 is 10.2 Å². The van der Waals surface area contributed by atoms with Crippen molar-refractivity contribution in [1.82, 2.24) is 10.2 Å². The number of rotatable bonds is 13. The van der Waals surface area contributed by atoms with Crippen LogP contribution >= 0.6 is 23.2 Å². The van der Waals surface area contributed by atoms with Crippen LogP contribution in [-0.2, 0) is 32.6 Å². The SMILES string of the molecule is CCCNC(=O)C(Cc1ccccc1)N(Cc1ccc(Cl)c(Cl)c1)C(=O)CN(c1ccc(C(C)C)cc1)S(C)(=O)=O. The number of hydrogen-bond acceptors (Lipinski definition) is 4. The first kappa shape index (κ1) is 32.4. The second-order valence-electron chi connectivity index (χ2n) is 10.3. The van der Waals surface area contributed by atoms with Crippen LogP contribution in [0.4, 0.5) is 5.69 Å². The monoisotopic (exact) mass is 617 g/mol. The van der Waals surface area contributed by atoms with E-state index in [1.165, 1.54) is 4.90 Å². The molecule has 1 N–H and O–H groups in total. The average Bonchev–Trinajstić information content (AvgIpc) is 2.94. The number of amides is 2. The van der Waals surface area contributed by atoms with Crippen molar-refractivity contribution >= 4 is 50.7 Å². The van der Waals surface area contributed by atoms with Gasteiger partial charge in [0.25, 0.3) is 0 Å². The van der Waals surface area contributed by atoms with Crippen molar-refractivity contribution in [3.63, 3.8) is 0 Å². The summed E-state index contributed by atoms with van der Waals surface area (Å²) in [5, 5.41) is 3.59. The zero-order valence-electron chi connectivity index (χ0n) is 23.8. The largest absolute Gasteiger partial charge is 0.354 e. The maximum absolute atomic E-state index is 14.1. The van der Waals surface area contributed by atoms with Gasteiger partial charge in [0, 0.05) is 19.5 Å². The van der Waals surface area contributed by atoms with E-state index in [-0.39, 0.29) is 24.8 Å². The number of nitrogens with zero attached hydrogens (tertiary/aromatic N) is 2. The number of anilines is 1. The van der Waals surface area contributed by atoms with E-state index in [4.69, 9.17) is 23.2 Å². The third-order valence-corrected chi connectivity index (χ3v) is 8.56. The van der Waals surface area contributed by atoms with E-state index in [0.717, 1.165) is 28.1 Å². The summed E-state index contributed by atoms with van der Waals surface area (Å²) in [5.74, 6) is -0.585. The highest BCUT2D eigenvalue weighted by atomic mass is 35.5. The topological polar surface area (TPSA) is 86.8 Å². The lowest BCUT2D eigenvalue weighted by Gasteiger charge is -2.33. The maximum Gasteiger partial charge on any atom is 0.244 e. The Bertz CT molecular complexity index is 1430. The molecule has 3 rings (SSSR count). The average molecular weight is 619 g/mol. The van der Waals surface area contributed by atoms with Crippen molar-refractivity contribution in [1.29, 1.82) is 0 Å². The Morgan fingerprint density at radius 3 is 2.12 bits per heavy atom. The van der Waals surface area contributed by atoms with Crippen LogP contribution in [-0.4, -0.2) is 50.5 Å². The predicted molar refractivity (Wildman–Crippen MR) is 167 cm³/mol. The second kappa shape index (κ2) is 14.7. The molecule has 0 aliphatic carbocycles. The molecule has 0 saturated carbocycles. The van der Waals surface area contributed by atoms with E-state index in [1.807, 2.05) is 63.2 Å². The van der Waals surface area contributed by atoms with Crippen LogP contribution in [0.25, 0.3) is 0 Å². The van der Waals surface area contributed by atoms with Gasteiger partial charge in [-0.2, -0.15) is 0 Å². The van der Waals surface area contributed by atoms with Crippen LogP contribution in [0, 0.1) is 0 Å². The predicted octanol–water partition coefficient (Wildman–Crippen LogP) is 6.05. The Kier molecular flexibility index (Phi) is 11.6. The molecule has 3 aromatic carbocycles. The Balaban J connectivity index is 2.05. The molecule has 10 heteroatoms. The van der Waals surface area contributed by atoms with E-state index < -0.39 is 28.5 Å². The summed E-state index contributed by atoms with van der Waals surface area (Å²) in [5.41, 5.74) is 2.93. The maximum atomic E-state index is 14.1. The quantitative estimate of drug-likeness (QED) is 0.253. The molecule has 0 radical (unpaired) electrons. The fourth-order valence-electron chi connectivity index (χ4n) is 4.39. The van der Waals surface area contributed by atoms with Gasteiger partial charge in [0.05, 0.1) is 22.0 Å². The zero-order chi connectivity index (χ0) is 30.2. The van der Waals surface area contributed by atoms with Gasteiger partial charge in [0.1, 0.15) is 12.6 Å². The minimum Gasteiger partial charge on any atom is -0.354 e. The lowest BCUT2D eigenvalue weighted by molar-refractivity contribution is -0.140. The van der Waals surface area contributed by atoms with Gasteiger partial charge in [-0.25, -0.2) is 8.42 Å². The molecule has 0 aromatic heterocycles. The molecule has 7 nitrogen and oxygen atoms in total. The molecule has 41 heavy (non-hydrogen) atoms. The Hall–Kier alpha value is -3.07. The van der Waals surface area contributed by atoms with Crippen molar-refractivity contribution in [2.24, 2.45) is 0 Å². The first-order valence-corrected chi connectivity index (χ1v) is 16.1. The lowest BCUT2D eigenvalue weighted by Crippen LogP contribution is -2.53. The minimum absolute atomic E-state index is 0.0245. The lowest BCUT2D eigenvalue weighted by atomic mass is 10.0. The summed E-state index contributed by atoms with van der Waals surface area (Å²) in [7, 11) is -3.84. The summed E-state index contributed by atoms with van der Waals surface area (Å²) in [6, 6.07) is 20.6. The van der Waals surface area contributed by atoms with Gasteiger partial charge in [0.15, 0.2) is 0 Å². The Morgan fingerprint density at radius 2 is 1.56 bits per heavy atom. The first-order valence-electron chi connectivity index (χ1n) is 13.5. The van der Waals surface area contributed by atoms with E-state index in [1.54, 1.807) is 30.3 Å². The summed E-state index contributed by atoms with van der Waals surface area (Å²) in [4.78, 5) is 29.1. The molecule has 3 aromatic rings. The molecule has 0 spiro atoms.